The van der Waals surface area contributed by atoms with Crippen LogP contribution >= 0.6 is 34.9 Å². The molecule has 2 heterocycles. The van der Waals surface area contributed by atoms with Crippen molar-refractivity contribution in [1.82, 2.24) is 0 Å². The average Bonchev–Trinajstić information content (AvgIpc) is 2.27. The van der Waals surface area contributed by atoms with Crippen LogP contribution in [0, 0.1) is 6.92 Å². The summed E-state index contributed by atoms with van der Waals surface area (Å²) in [5.74, 6) is 1.24. The normalized spacial score (nSPS) is 16.9. The summed E-state index contributed by atoms with van der Waals surface area (Å²) >= 11 is 5.96. The SMILES string of the molecule is Cc1cc2c(s1)CSCS2. The van der Waals surface area contributed by atoms with Crippen LogP contribution in [0.2, 0.25) is 0 Å². The van der Waals surface area contributed by atoms with E-state index in [4.69, 9.17) is 0 Å². The number of fused-ring (bicyclic) bond motifs is 1. The van der Waals surface area contributed by atoms with Gasteiger partial charge in [0.05, 0.1) is 0 Å². The Balaban J connectivity index is 2.41. The molecule has 54 valence electrons. The van der Waals surface area contributed by atoms with Gasteiger partial charge in [0, 0.05) is 25.5 Å². The molecule has 0 spiro atoms. The van der Waals surface area contributed by atoms with E-state index in [9.17, 15) is 0 Å². The van der Waals surface area contributed by atoms with Crippen LogP contribution in [0.3, 0.4) is 0 Å². The molecule has 1 aromatic rings. The van der Waals surface area contributed by atoms with E-state index in [1.807, 2.05) is 34.9 Å². The van der Waals surface area contributed by atoms with E-state index < -0.39 is 0 Å². The molecular weight excluding hydrogens is 180 g/mol. The van der Waals surface area contributed by atoms with E-state index in [0.717, 1.165) is 0 Å². The van der Waals surface area contributed by atoms with E-state index in [2.05, 4.69) is 13.0 Å². The van der Waals surface area contributed by atoms with Gasteiger partial charge in [-0.2, -0.15) is 0 Å². The van der Waals surface area contributed by atoms with Crippen LogP contribution in [-0.2, 0) is 5.75 Å². The molecule has 0 aliphatic carbocycles. The summed E-state index contributed by atoms with van der Waals surface area (Å²) < 4.78 is 0. The van der Waals surface area contributed by atoms with E-state index >= 15 is 0 Å². The first-order valence-corrected chi connectivity index (χ1v) is 6.12. The fourth-order valence-corrected chi connectivity index (χ4v) is 4.69. The van der Waals surface area contributed by atoms with Crippen molar-refractivity contribution in [1.29, 1.82) is 0 Å². The van der Waals surface area contributed by atoms with Gasteiger partial charge in [0.2, 0.25) is 0 Å². The Bertz CT molecular complexity index is 215. The van der Waals surface area contributed by atoms with Crippen LogP contribution in [0.15, 0.2) is 11.0 Å². The zero-order chi connectivity index (χ0) is 6.97. The van der Waals surface area contributed by atoms with E-state index in [0.29, 0.717) is 0 Å². The molecule has 0 radical (unpaired) electrons. The van der Waals surface area contributed by atoms with Gasteiger partial charge in [-0.1, -0.05) is 0 Å². The smallest absolute Gasteiger partial charge is 0.0443 e. The highest BCUT2D eigenvalue weighted by molar-refractivity contribution is 8.16. The highest BCUT2D eigenvalue weighted by atomic mass is 32.2. The van der Waals surface area contributed by atoms with Gasteiger partial charge in [-0.15, -0.1) is 34.9 Å². The predicted octanol–water partition coefficient (Wildman–Crippen LogP) is 3.35. The second-order valence-electron chi connectivity index (χ2n) is 2.26. The Hall–Kier alpha value is 0.400. The molecule has 2 rings (SSSR count). The van der Waals surface area contributed by atoms with Crippen molar-refractivity contribution in [2.24, 2.45) is 0 Å². The largest absolute Gasteiger partial charge is 0.145 e. The third-order valence-corrected chi connectivity index (χ3v) is 5.09. The molecule has 0 aromatic carbocycles. The molecule has 0 N–H and O–H groups in total. The lowest BCUT2D eigenvalue weighted by molar-refractivity contribution is 1.36. The quantitative estimate of drug-likeness (QED) is 0.612. The molecule has 0 nitrogen and oxygen atoms in total. The maximum atomic E-state index is 2.31. The molecule has 1 aromatic heterocycles. The second-order valence-corrected chi connectivity index (χ2v) is 5.96. The van der Waals surface area contributed by atoms with Crippen molar-refractivity contribution in [2.45, 2.75) is 17.6 Å². The van der Waals surface area contributed by atoms with Gasteiger partial charge < -0.3 is 0 Å². The van der Waals surface area contributed by atoms with Crippen molar-refractivity contribution in [2.75, 3.05) is 5.08 Å². The molecular formula is C7H8S3. The summed E-state index contributed by atoms with van der Waals surface area (Å²) in [5.41, 5.74) is 0. The minimum atomic E-state index is 1.24. The maximum absolute atomic E-state index is 2.31. The summed E-state index contributed by atoms with van der Waals surface area (Å²) in [4.78, 5) is 4.57. The minimum absolute atomic E-state index is 1.24. The summed E-state index contributed by atoms with van der Waals surface area (Å²) in [7, 11) is 0. The number of aryl methyl sites for hydroxylation is 1. The van der Waals surface area contributed by atoms with Crippen molar-refractivity contribution in [3.63, 3.8) is 0 Å². The second kappa shape index (κ2) is 2.80. The lowest BCUT2D eigenvalue weighted by atomic mass is 10.4. The number of rotatable bonds is 0. The van der Waals surface area contributed by atoms with E-state index in [1.165, 1.54) is 20.6 Å². The van der Waals surface area contributed by atoms with Gasteiger partial charge in [-0.05, 0) is 13.0 Å². The van der Waals surface area contributed by atoms with Crippen LogP contribution in [-0.4, -0.2) is 5.08 Å². The third kappa shape index (κ3) is 1.22. The van der Waals surface area contributed by atoms with E-state index in [1.54, 1.807) is 4.88 Å². The van der Waals surface area contributed by atoms with Gasteiger partial charge in [-0.3, -0.25) is 0 Å². The Morgan fingerprint density at radius 3 is 3.20 bits per heavy atom. The minimum Gasteiger partial charge on any atom is -0.145 e. The maximum Gasteiger partial charge on any atom is 0.0443 e. The first kappa shape index (κ1) is 7.07. The molecule has 0 unspecified atom stereocenters. The number of thiophene rings is 1. The molecule has 10 heavy (non-hydrogen) atoms. The lowest BCUT2D eigenvalue weighted by Crippen LogP contribution is -1.85. The highest BCUT2D eigenvalue weighted by Gasteiger charge is 2.11. The highest BCUT2D eigenvalue weighted by Crippen LogP contribution is 2.39. The summed E-state index contributed by atoms with van der Waals surface area (Å²) in [6.45, 7) is 2.19. The predicted molar refractivity (Wildman–Crippen MR) is 51.1 cm³/mol. The molecule has 3 heteroatoms. The van der Waals surface area contributed by atoms with Gasteiger partial charge in [0.1, 0.15) is 0 Å². The lowest BCUT2D eigenvalue weighted by Gasteiger charge is -2.07. The van der Waals surface area contributed by atoms with Crippen LogP contribution in [0.1, 0.15) is 9.75 Å². The van der Waals surface area contributed by atoms with Gasteiger partial charge in [0.25, 0.3) is 0 Å². The molecule has 0 fully saturated rings. The fourth-order valence-electron chi connectivity index (χ4n) is 1.00. The van der Waals surface area contributed by atoms with Crippen molar-refractivity contribution >= 4 is 34.9 Å². The van der Waals surface area contributed by atoms with Crippen LogP contribution in [0.5, 0.6) is 0 Å². The molecule has 1 aliphatic heterocycles. The van der Waals surface area contributed by atoms with Crippen molar-refractivity contribution in [3.8, 4) is 0 Å². The zero-order valence-electron chi connectivity index (χ0n) is 5.72. The molecule has 1 aliphatic rings. The standard InChI is InChI=1S/C7H8S3/c1-5-2-6-7(10-5)3-8-4-9-6/h2H,3-4H2,1H3. The van der Waals surface area contributed by atoms with E-state index in [-0.39, 0.29) is 0 Å². The molecule has 0 atom stereocenters. The topological polar surface area (TPSA) is 0 Å². The summed E-state index contributed by atoms with van der Waals surface area (Å²) in [6, 6.07) is 2.31. The number of hydrogen-bond acceptors (Lipinski definition) is 3. The monoisotopic (exact) mass is 188 g/mol. The van der Waals surface area contributed by atoms with Crippen molar-refractivity contribution in [3.05, 3.63) is 15.8 Å². The molecule has 0 saturated carbocycles. The number of thioether (sulfide) groups is 2. The zero-order valence-corrected chi connectivity index (χ0v) is 8.17. The first-order chi connectivity index (χ1) is 4.86. The van der Waals surface area contributed by atoms with Gasteiger partial charge in [0.15, 0.2) is 0 Å². The Morgan fingerprint density at radius 2 is 2.40 bits per heavy atom. The van der Waals surface area contributed by atoms with Gasteiger partial charge in [-0.25, -0.2) is 0 Å². The van der Waals surface area contributed by atoms with Crippen LogP contribution < -0.4 is 0 Å². The Morgan fingerprint density at radius 1 is 1.50 bits per heavy atom. The third-order valence-electron chi connectivity index (χ3n) is 1.42. The van der Waals surface area contributed by atoms with Gasteiger partial charge >= 0.3 is 0 Å². The first-order valence-electron chi connectivity index (χ1n) is 3.16. The van der Waals surface area contributed by atoms with Crippen molar-refractivity contribution < 1.29 is 0 Å². The summed E-state index contributed by atoms with van der Waals surface area (Å²) in [5, 5.41) is 1.24. The van der Waals surface area contributed by atoms with Crippen LogP contribution in [0.25, 0.3) is 0 Å². The Kier molecular flexibility index (Phi) is 1.98. The fraction of sp³-hybridized carbons (Fsp3) is 0.429. The average molecular weight is 188 g/mol. The summed E-state index contributed by atoms with van der Waals surface area (Å²) in [6.07, 6.45) is 0. The Labute approximate surface area is 73.4 Å². The molecule has 0 saturated heterocycles. The number of hydrogen-bond donors (Lipinski definition) is 0. The molecule has 0 amide bonds. The molecule has 0 bridgehead atoms. The van der Waals surface area contributed by atoms with Crippen LogP contribution in [0.4, 0.5) is 0 Å².